The quantitative estimate of drug-likeness (QED) is 0.789. The van der Waals surface area contributed by atoms with E-state index >= 15 is 0 Å². The van der Waals surface area contributed by atoms with Crippen LogP contribution in [0, 0.1) is 11.3 Å². The molecule has 4 heteroatoms. The summed E-state index contributed by atoms with van der Waals surface area (Å²) in [5, 5.41) is 0. The Morgan fingerprint density at radius 3 is 2.68 bits per heavy atom. The first-order valence-corrected chi connectivity index (χ1v) is 7.67. The number of hydrogen-bond acceptors (Lipinski definition) is 3. The minimum Gasteiger partial charge on any atom is -0.345 e. The summed E-state index contributed by atoms with van der Waals surface area (Å²) >= 11 is 0. The van der Waals surface area contributed by atoms with E-state index in [4.69, 9.17) is 5.73 Å². The van der Waals surface area contributed by atoms with Gasteiger partial charge in [-0.15, -0.1) is 0 Å². The first kappa shape index (κ1) is 14.8. The van der Waals surface area contributed by atoms with Gasteiger partial charge in [0.25, 0.3) is 0 Å². The molecule has 2 rings (SSSR count). The summed E-state index contributed by atoms with van der Waals surface area (Å²) in [6, 6.07) is 0. The highest BCUT2D eigenvalue weighted by Gasteiger charge is 2.37. The summed E-state index contributed by atoms with van der Waals surface area (Å²) in [4.78, 5) is 16.5. The molecule has 1 aliphatic heterocycles. The Morgan fingerprint density at radius 2 is 2.21 bits per heavy atom. The van der Waals surface area contributed by atoms with Crippen LogP contribution in [-0.4, -0.2) is 56.0 Å². The molecule has 0 bridgehead atoms. The molecule has 2 N–H and O–H groups in total. The van der Waals surface area contributed by atoms with Crippen LogP contribution in [0.5, 0.6) is 0 Å². The Bertz CT molecular complexity index is 309. The van der Waals surface area contributed by atoms with Crippen molar-refractivity contribution in [3.8, 4) is 0 Å². The molecule has 0 aromatic heterocycles. The Kier molecular flexibility index (Phi) is 4.85. The zero-order valence-electron chi connectivity index (χ0n) is 12.5. The van der Waals surface area contributed by atoms with Crippen LogP contribution in [-0.2, 0) is 4.79 Å². The summed E-state index contributed by atoms with van der Waals surface area (Å²) in [7, 11) is 4.11. The Labute approximate surface area is 117 Å². The van der Waals surface area contributed by atoms with Crippen LogP contribution in [0.2, 0.25) is 0 Å². The van der Waals surface area contributed by atoms with Crippen LogP contribution in [0.25, 0.3) is 0 Å². The number of hydrogen-bond donors (Lipinski definition) is 1. The van der Waals surface area contributed by atoms with Gasteiger partial charge in [-0.2, -0.15) is 0 Å². The molecule has 0 spiro atoms. The molecule has 110 valence electrons. The van der Waals surface area contributed by atoms with Gasteiger partial charge in [-0.1, -0.05) is 6.42 Å². The van der Waals surface area contributed by atoms with Crippen molar-refractivity contribution < 1.29 is 4.79 Å². The number of amides is 1. The van der Waals surface area contributed by atoms with E-state index in [1.165, 1.54) is 32.2 Å². The first-order chi connectivity index (χ1) is 9.04. The predicted octanol–water partition coefficient (Wildman–Crippen LogP) is 1.31. The second-order valence-electron chi connectivity index (χ2n) is 6.76. The normalized spacial score (nSPS) is 26.2. The summed E-state index contributed by atoms with van der Waals surface area (Å²) in [5.41, 5.74) is 6.10. The molecule has 1 saturated carbocycles. The average molecular weight is 267 g/mol. The van der Waals surface area contributed by atoms with Crippen molar-refractivity contribution in [2.24, 2.45) is 17.1 Å². The molecule has 1 heterocycles. The predicted molar refractivity (Wildman–Crippen MR) is 77.8 cm³/mol. The molecule has 2 fully saturated rings. The van der Waals surface area contributed by atoms with E-state index in [0.717, 1.165) is 32.0 Å². The summed E-state index contributed by atoms with van der Waals surface area (Å²) in [6.07, 6.45) is 6.65. The first-order valence-electron chi connectivity index (χ1n) is 7.67. The van der Waals surface area contributed by atoms with Crippen LogP contribution in [0.1, 0.15) is 38.5 Å². The maximum Gasteiger partial charge on any atom is 0.222 e. The van der Waals surface area contributed by atoms with Gasteiger partial charge in [0, 0.05) is 32.0 Å². The smallest absolute Gasteiger partial charge is 0.222 e. The van der Waals surface area contributed by atoms with Crippen molar-refractivity contribution in [3.63, 3.8) is 0 Å². The van der Waals surface area contributed by atoms with Crippen LogP contribution >= 0.6 is 0 Å². The summed E-state index contributed by atoms with van der Waals surface area (Å²) in [6.45, 7) is 3.92. The Hall–Kier alpha value is -0.610. The van der Waals surface area contributed by atoms with Gasteiger partial charge in [0.15, 0.2) is 0 Å². The lowest BCUT2D eigenvalue weighted by molar-refractivity contribution is -0.132. The molecule has 1 aliphatic carbocycles. The average Bonchev–Trinajstić information content (AvgIpc) is 2.76. The largest absolute Gasteiger partial charge is 0.345 e. The van der Waals surface area contributed by atoms with E-state index in [0.29, 0.717) is 12.3 Å². The lowest BCUT2D eigenvalue weighted by Gasteiger charge is -2.43. The third kappa shape index (κ3) is 3.69. The van der Waals surface area contributed by atoms with E-state index in [2.05, 4.69) is 11.9 Å². The monoisotopic (exact) mass is 267 g/mol. The molecule has 1 atom stereocenters. The number of rotatable bonds is 6. The van der Waals surface area contributed by atoms with Crippen LogP contribution < -0.4 is 5.73 Å². The van der Waals surface area contributed by atoms with E-state index in [1.807, 2.05) is 11.9 Å². The van der Waals surface area contributed by atoms with Gasteiger partial charge < -0.3 is 15.5 Å². The van der Waals surface area contributed by atoms with Crippen molar-refractivity contribution >= 4 is 5.91 Å². The molecule has 0 aromatic rings. The van der Waals surface area contributed by atoms with Crippen molar-refractivity contribution in [2.45, 2.75) is 38.5 Å². The van der Waals surface area contributed by atoms with Gasteiger partial charge in [0.05, 0.1) is 0 Å². The molecule has 1 unspecified atom stereocenters. The van der Waals surface area contributed by atoms with Gasteiger partial charge in [-0.05, 0) is 51.7 Å². The molecule has 2 aliphatic rings. The second kappa shape index (κ2) is 6.23. The van der Waals surface area contributed by atoms with Crippen molar-refractivity contribution in [1.29, 1.82) is 0 Å². The van der Waals surface area contributed by atoms with Crippen LogP contribution in [0.4, 0.5) is 0 Å². The number of nitrogens with zero attached hydrogens (tertiary/aromatic N) is 2. The molecule has 19 heavy (non-hydrogen) atoms. The third-order valence-corrected chi connectivity index (χ3v) is 5.10. The highest BCUT2D eigenvalue weighted by molar-refractivity contribution is 5.75. The molecule has 0 aromatic carbocycles. The number of nitrogens with two attached hydrogens (primary N) is 1. The standard InChI is InChI=1S/C15H29N3O/c1-17-9-6-13(10-17)4-5-14(19)18(2)12-15(11-16)7-3-8-15/h13H,3-12,16H2,1-2H3. The van der Waals surface area contributed by atoms with Gasteiger partial charge in [-0.3, -0.25) is 4.79 Å². The third-order valence-electron chi connectivity index (χ3n) is 5.10. The fourth-order valence-electron chi connectivity index (χ4n) is 3.48. The molecule has 4 nitrogen and oxygen atoms in total. The highest BCUT2D eigenvalue weighted by atomic mass is 16.2. The van der Waals surface area contributed by atoms with Crippen molar-refractivity contribution in [2.75, 3.05) is 40.3 Å². The molecule has 1 saturated heterocycles. The van der Waals surface area contributed by atoms with Gasteiger partial charge in [0.1, 0.15) is 0 Å². The van der Waals surface area contributed by atoms with Gasteiger partial charge >= 0.3 is 0 Å². The lowest BCUT2D eigenvalue weighted by Crippen LogP contribution is -2.47. The van der Waals surface area contributed by atoms with Crippen molar-refractivity contribution in [3.05, 3.63) is 0 Å². The second-order valence-corrected chi connectivity index (χ2v) is 6.76. The fraction of sp³-hybridized carbons (Fsp3) is 0.933. The van der Waals surface area contributed by atoms with E-state index in [9.17, 15) is 4.79 Å². The minimum absolute atomic E-state index is 0.234. The molecule has 0 radical (unpaired) electrons. The molecular formula is C15H29N3O. The zero-order chi connectivity index (χ0) is 13.9. The van der Waals surface area contributed by atoms with Crippen molar-refractivity contribution in [1.82, 2.24) is 9.80 Å². The zero-order valence-corrected chi connectivity index (χ0v) is 12.5. The van der Waals surface area contributed by atoms with Crippen LogP contribution in [0.3, 0.4) is 0 Å². The SMILES string of the molecule is CN1CCC(CCC(=O)N(C)CC2(CN)CCC2)C1. The number of carbonyl (C=O) groups is 1. The maximum atomic E-state index is 12.2. The Balaban J connectivity index is 1.70. The Morgan fingerprint density at radius 1 is 1.47 bits per heavy atom. The maximum absolute atomic E-state index is 12.2. The lowest BCUT2D eigenvalue weighted by atomic mass is 9.68. The van der Waals surface area contributed by atoms with E-state index < -0.39 is 0 Å². The van der Waals surface area contributed by atoms with Gasteiger partial charge in [0.2, 0.25) is 5.91 Å². The topological polar surface area (TPSA) is 49.6 Å². The fourth-order valence-corrected chi connectivity index (χ4v) is 3.48. The number of carbonyl (C=O) groups excluding carboxylic acids is 1. The molecular weight excluding hydrogens is 238 g/mol. The summed E-state index contributed by atoms with van der Waals surface area (Å²) < 4.78 is 0. The molecule has 1 amide bonds. The van der Waals surface area contributed by atoms with Gasteiger partial charge in [-0.25, -0.2) is 0 Å². The summed E-state index contributed by atoms with van der Waals surface area (Å²) in [5.74, 6) is 1.02. The van der Waals surface area contributed by atoms with E-state index in [-0.39, 0.29) is 5.41 Å². The number of likely N-dealkylation sites (tertiary alicyclic amines) is 1. The highest BCUT2D eigenvalue weighted by Crippen LogP contribution is 2.40. The van der Waals surface area contributed by atoms with E-state index in [1.54, 1.807) is 0 Å². The minimum atomic E-state index is 0.234. The van der Waals surface area contributed by atoms with Crippen LogP contribution in [0.15, 0.2) is 0 Å².